The molecular weight excluding hydrogens is 492 g/mol. The predicted molar refractivity (Wildman–Crippen MR) is 132 cm³/mol. The van der Waals surface area contributed by atoms with E-state index in [2.05, 4.69) is 22.1 Å². The number of esters is 1. The molecule has 15 heteroatoms. The van der Waals surface area contributed by atoms with Crippen molar-refractivity contribution >= 4 is 30.4 Å². The lowest BCUT2D eigenvalue weighted by atomic mass is 9.95. The fraction of sp³-hybridized carbons (Fsp3) is 0.682. The molecule has 3 unspecified atom stereocenters. The van der Waals surface area contributed by atoms with Gasteiger partial charge in [0, 0.05) is 20.6 Å². The summed E-state index contributed by atoms with van der Waals surface area (Å²) in [5.41, 5.74) is 14.4. The van der Waals surface area contributed by atoms with Crippen LogP contribution >= 0.6 is 0 Å². The minimum atomic E-state index is -1.14. The Hall–Kier alpha value is -3.59. The zero-order valence-electron chi connectivity index (χ0n) is 21.5. The first-order valence-corrected chi connectivity index (χ1v) is 11.6. The largest absolute Gasteiger partial charge is 0.477 e. The van der Waals surface area contributed by atoms with E-state index in [9.17, 15) is 19.2 Å². The number of nitrogens with one attached hydrogen (secondary N) is 3. The van der Waals surface area contributed by atoms with Crippen molar-refractivity contribution < 1.29 is 42.9 Å². The monoisotopic (exact) mass is 532 g/mol. The summed E-state index contributed by atoms with van der Waals surface area (Å²) in [6, 6.07) is -0.654. The zero-order chi connectivity index (χ0) is 28.2. The number of alkyl carbamates (subject to hydrolysis) is 1. The third-order valence-corrected chi connectivity index (χ3v) is 4.96. The molecule has 0 radical (unpaired) electrons. The van der Waals surface area contributed by atoms with Crippen LogP contribution in [0.3, 0.4) is 0 Å². The molecule has 0 aromatic rings. The fourth-order valence-electron chi connectivity index (χ4n) is 3.34. The Kier molecular flexibility index (Phi) is 17.7. The first-order chi connectivity index (χ1) is 17.6. The van der Waals surface area contributed by atoms with Crippen LogP contribution in [0.4, 0.5) is 4.79 Å². The third-order valence-electron chi connectivity index (χ3n) is 4.96. The Morgan fingerprint density at radius 2 is 1.86 bits per heavy atom. The van der Waals surface area contributed by atoms with Crippen molar-refractivity contribution in [2.45, 2.75) is 63.4 Å². The highest BCUT2D eigenvalue weighted by Gasteiger charge is 2.43. The Labute approximate surface area is 216 Å². The molecule has 1 aliphatic heterocycles. The molecule has 212 valence electrons. The van der Waals surface area contributed by atoms with Crippen molar-refractivity contribution in [3.63, 3.8) is 0 Å². The highest BCUT2D eigenvalue weighted by Crippen LogP contribution is 2.26. The molecule has 0 aromatic carbocycles. The van der Waals surface area contributed by atoms with Gasteiger partial charge in [0.2, 0.25) is 11.7 Å². The van der Waals surface area contributed by atoms with Crippen LogP contribution in [0.25, 0.3) is 0 Å². The summed E-state index contributed by atoms with van der Waals surface area (Å²) in [6.45, 7) is 2.31. The normalized spacial score (nSPS) is 17.8. The molecule has 0 fully saturated rings. The van der Waals surface area contributed by atoms with Gasteiger partial charge in [-0.15, -0.1) is 0 Å². The summed E-state index contributed by atoms with van der Waals surface area (Å²) in [7, 11) is 2.55. The molecule has 0 aromatic heterocycles. The maximum atomic E-state index is 12.5. The summed E-state index contributed by atoms with van der Waals surface area (Å²) in [4.78, 5) is 47.0. The molecule has 0 bridgehead atoms. The summed E-state index contributed by atoms with van der Waals surface area (Å²) >= 11 is 0. The van der Waals surface area contributed by atoms with E-state index in [-0.39, 0.29) is 37.1 Å². The van der Waals surface area contributed by atoms with Crippen molar-refractivity contribution in [2.75, 3.05) is 33.9 Å². The van der Waals surface area contributed by atoms with Gasteiger partial charge in [-0.3, -0.25) is 15.0 Å². The van der Waals surface area contributed by atoms with E-state index in [0.717, 1.165) is 25.7 Å². The van der Waals surface area contributed by atoms with Gasteiger partial charge < -0.3 is 51.5 Å². The fourth-order valence-corrected chi connectivity index (χ4v) is 3.34. The molecule has 1 heterocycles. The summed E-state index contributed by atoms with van der Waals surface area (Å²) in [6.07, 6.45) is 1.35. The van der Waals surface area contributed by atoms with Crippen molar-refractivity contribution in [3.8, 4) is 0 Å². The molecule has 37 heavy (non-hydrogen) atoms. The van der Waals surface area contributed by atoms with Crippen LogP contribution in [0.2, 0.25) is 0 Å². The quantitative estimate of drug-likeness (QED) is 0.0371. The second kappa shape index (κ2) is 19.6. The first-order valence-electron chi connectivity index (χ1n) is 11.6. The number of rotatable bonds is 15. The van der Waals surface area contributed by atoms with Crippen LogP contribution < -0.4 is 27.8 Å². The Bertz CT molecular complexity index is 761. The number of ether oxygens (including phenoxy) is 5. The first kappa shape index (κ1) is 33.4. The number of hydrogen-bond donors (Lipinski definition) is 6. The van der Waals surface area contributed by atoms with E-state index in [1.54, 1.807) is 0 Å². The molecule has 1 rings (SSSR count). The Morgan fingerprint density at radius 1 is 1.22 bits per heavy atom. The molecule has 0 aliphatic carbocycles. The van der Waals surface area contributed by atoms with Crippen LogP contribution in [-0.4, -0.2) is 88.7 Å². The van der Waals surface area contributed by atoms with Gasteiger partial charge in [-0.05, 0) is 31.9 Å². The van der Waals surface area contributed by atoms with Gasteiger partial charge in [-0.25, -0.2) is 9.59 Å². The van der Waals surface area contributed by atoms with E-state index >= 15 is 0 Å². The van der Waals surface area contributed by atoms with E-state index in [4.69, 9.17) is 34.8 Å². The van der Waals surface area contributed by atoms with Crippen molar-refractivity contribution in [1.29, 1.82) is 5.41 Å². The van der Waals surface area contributed by atoms with Crippen molar-refractivity contribution in [2.24, 2.45) is 17.2 Å². The van der Waals surface area contributed by atoms with Crippen LogP contribution in [-0.2, 0) is 38.1 Å². The number of hydrogen-bond acceptors (Lipinski definition) is 11. The average Bonchev–Trinajstić information content (AvgIpc) is 2.85. The average molecular weight is 533 g/mol. The second-order valence-electron chi connectivity index (χ2n) is 7.84. The molecular formula is C22H40N6O9. The van der Waals surface area contributed by atoms with E-state index < -0.39 is 36.4 Å². The smallest absolute Gasteiger partial charge is 0.407 e. The topological polar surface area (TPSA) is 240 Å². The van der Waals surface area contributed by atoms with E-state index in [1.807, 2.05) is 0 Å². The van der Waals surface area contributed by atoms with Crippen LogP contribution in [0, 0.1) is 5.41 Å². The van der Waals surface area contributed by atoms with Crippen LogP contribution in [0.15, 0.2) is 11.8 Å². The van der Waals surface area contributed by atoms with Crippen molar-refractivity contribution in [3.05, 3.63) is 11.8 Å². The van der Waals surface area contributed by atoms with E-state index in [1.165, 1.54) is 27.2 Å². The number of carbonyl (C=O) groups excluding carboxylic acids is 4. The van der Waals surface area contributed by atoms with Gasteiger partial charge in [0.1, 0.15) is 12.7 Å². The lowest BCUT2D eigenvalue weighted by Crippen LogP contribution is -2.57. The molecule has 0 saturated carbocycles. The summed E-state index contributed by atoms with van der Waals surface area (Å²) in [5.74, 6) is -1.49. The second-order valence-corrected chi connectivity index (χ2v) is 7.84. The van der Waals surface area contributed by atoms with Gasteiger partial charge in [0.15, 0.2) is 18.2 Å². The number of carbonyl (C=O) groups is 4. The number of methoxy groups -OCH3 is 2. The lowest BCUT2D eigenvalue weighted by Gasteiger charge is -2.38. The highest BCUT2D eigenvalue weighted by atomic mass is 16.6. The third kappa shape index (κ3) is 14.5. The minimum Gasteiger partial charge on any atom is -0.477 e. The van der Waals surface area contributed by atoms with Gasteiger partial charge in [-0.1, -0.05) is 12.8 Å². The number of amides is 2. The summed E-state index contributed by atoms with van der Waals surface area (Å²) in [5, 5.41) is 11.4. The Balaban J connectivity index is 0.00000300. The lowest BCUT2D eigenvalue weighted by molar-refractivity contribution is -0.153. The molecule has 1 aliphatic rings. The number of unbranched alkanes of at least 4 members (excludes halogenated alkanes) is 3. The zero-order valence-corrected chi connectivity index (χ0v) is 21.5. The highest BCUT2D eigenvalue weighted by molar-refractivity contribution is 5.86. The van der Waals surface area contributed by atoms with Gasteiger partial charge in [0.05, 0.1) is 13.2 Å². The minimum absolute atomic E-state index is 0.0934. The molecule has 0 spiro atoms. The molecule has 2 amide bonds. The maximum absolute atomic E-state index is 12.5. The maximum Gasteiger partial charge on any atom is 0.407 e. The molecule has 0 saturated heterocycles. The molecule has 4 atom stereocenters. The van der Waals surface area contributed by atoms with Crippen molar-refractivity contribution in [1.82, 2.24) is 10.6 Å². The summed E-state index contributed by atoms with van der Waals surface area (Å²) < 4.78 is 26.3. The van der Waals surface area contributed by atoms with E-state index in [0.29, 0.717) is 13.1 Å². The van der Waals surface area contributed by atoms with Gasteiger partial charge in [-0.2, -0.15) is 0 Å². The predicted octanol–water partition coefficient (Wildman–Crippen LogP) is -1.02. The Morgan fingerprint density at radius 3 is 2.41 bits per heavy atom. The van der Waals surface area contributed by atoms with Gasteiger partial charge in [0.25, 0.3) is 6.47 Å². The standard InChI is InChI=1S/C21H35N3O9.CH5N3/c1-14(26)24-15-8-9-16(20(27)30-3)32-18(15)19(17(29-2)12-31-13-25)33-21(28)23-11-7-5-4-6-10-22;2-1(3)4/h9,13,15,17-19H,4-8,10-12,22H2,1-3H3,(H,23,28)(H,24,26);(H5,2,3,4)/t15?,17?,18?,19-;/m0./s1. The van der Waals surface area contributed by atoms with Gasteiger partial charge >= 0.3 is 12.1 Å². The number of guanidine groups is 1. The number of nitrogens with two attached hydrogens (primary N) is 3. The molecule has 9 N–H and O–H groups in total. The van der Waals surface area contributed by atoms with Crippen LogP contribution in [0.1, 0.15) is 39.0 Å². The van der Waals surface area contributed by atoms with Crippen LogP contribution in [0.5, 0.6) is 0 Å². The SMILES string of the molecule is COC(=O)C1=CCC(NC(C)=O)C([C@@H](OC(=O)NCCCCCCN)C(COC=O)OC)O1.N=C(N)N. The molecule has 15 nitrogen and oxygen atoms in total.